The van der Waals surface area contributed by atoms with Crippen molar-refractivity contribution in [1.29, 1.82) is 0 Å². The summed E-state index contributed by atoms with van der Waals surface area (Å²) in [5.41, 5.74) is 3.95. The summed E-state index contributed by atoms with van der Waals surface area (Å²) in [4.78, 5) is 25.7. The largest absolute Gasteiger partial charge is 0.489 e. The highest BCUT2D eigenvalue weighted by Crippen LogP contribution is 2.37. The predicted molar refractivity (Wildman–Crippen MR) is 127 cm³/mol. The number of ether oxygens (including phenoxy) is 1. The van der Waals surface area contributed by atoms with Crippen molar-refractivity contribution < 1.29 is 32.6 Å². The Bertz CT molecular complexity index is 1320. The van der Waals surface area contributed by atoms with Crippen molar-refractivity contribution in [3.63, 3.8) is 0 Å². The predicted octanol–water partition coefficient (Wildman–Crippen LogP) is 6.34. The average Bonchev–Trinajstić information content (AvgIpc) is 3.19. The van der Waals surface area contributed by atoms with E-state index in [-0.39, 0.29) is 31.4 Å². The number of carboxylic acids is 1. The van der Waals surface area contributed by atoms with E-state index in [1.807, 2.05) is 24.3 Å². The second-order valence-corrected chi connectivity index (χ2v) is 9.22. The fourth-order valence-electron chi connectivity index (χ4n) is 5.14. The van der Waals surface area contributed by atoms with Gasteiger partial charge in [0.05, 0.1) is 18.5 Å². The van der Waals surface area contributed by atoms with Crippen LogP contribution in [0.15, 0.2) is 60.7 Å². The number of aryl methyl sites for hydroxylation is 1. The minimum absolute atomic E-state index is 0.0138. The van der Waals surface area contributed by atoms with Crippen LogP contribution in [-0.4, -0.2) is 17.0 Å². The minimum atomic E-state index is -4.44. The van der Waals surface area contributed by atoms with Crippen LogP contribution in [-0.2, 0) is 30.5 Å². The molecule has 36 heavy (non-hydrogen) atoms. The first kappa shape index (κ1) is 23.9. The highest BCUT2D eigenvalue weighted by molar-refractivity contribution is 6.10. The Kier molecular flexibility index (Phi) is 6.20. The zero-order valence-electron chi connectivity index (χ0n) is 19.3. The Balaban J connectivity index is 1.32. The molecule has 0 saturated carbocycles. The zero-order chi connectivity index (χ0) is 25.4. The molecule has 1 N–H and O–H groups in total. The zero-order valence-corrected chi connectivity index (χ0v) is 19.3. The molecule has 0 aromatic heterocycles. The number of carbonyl (C=O) groups is 2. The Morgan fingerprint density at radius 1 is 1.08 bits per heavy atom. The van der Waals surface area contributed by atoms with Gasteiger partial charge in [-0.3, -0.25) is 9.59 Å². The fraction of sp³-hybridized carbons (Fsp3) is 0.286. The highest BCUT2D eigenvalue weighted by atomic mass is 19.4. The molecule has 2 aliphatic rings. The highest BCUT2D eigenvalue weighted by Gasteiger charge is 2.33. The number of fused-ring (bicyclic) bond motifs is 2. The number of halogens is 3. The third-order valence-electron chi connectivity index (χ3n) is 6.94. The lowest BCUT2D eigenvalue weighted by Crippen LogP contribution is -2.23. The number of hydrogen-bond acceptors (Lipinski definition) is 3. The molecule has 1 amide bonds. The molecule has 0 bridgehead atoms. The molecule has 1 aliphatic heterocycles. The molecule has 1 heterocycles. The van der Waals surface area contributed by atoms with E-state index >= 15 is 0 Å². The lowest BCUT2D eigenvalue weighted by molar-refractivity contribution is -0.138. The Morgan fingerprint density at radius 3 is 2.58 bits per heavy atom. The van der Waals surface area contributed by atoms with Gasteiger partial charge in [0.15, 0.2) is 0 Å². The van der Waals surface area contributed by atoms with Gasteiger partial charge in [0.25, 0.3) is 5.91 Å². The lowest BCUT2D eigenvalue weighted by Gasteiger charge is -2.25. The van der Waals surface area contributed by atoms with Crippen LogP contribution >= 0.6 is 0 Å². The first-order chi connectivity index (χ1) is 17.2. The molecule has 0 fully saturated rings. The topological polar surface area (TPSA) is 66.8 Å². The van der Waals surface area contributed by atoms with Gasteiger partial charge < -0.3 is 14.7 Å². The molecule has 1 aliphatic carbocycles. The van der Waals surface area contributed by atoms with Crippen molar-refractivity contribution in [2.75, 3.05) is 4.90 Å². The molecule has 5 nitrogen and oxygen atoms in total. The van der Waals surface area contributed by atoms with Gasteiger partial charge in [-0.15, -0.1) is 0 Å². The average molecular weight is 495 g/mol. The van der Waals surface area contributed by atoms with Gasteiger partial charge in [0, 0.05) is 11.3 Å². The summed E-state index contributed by atoms with van der Waals surface area (Å²) < 4.78 is 44.8. The number of aliphatic carboxylic acids is 1. The van der Waals surface area contributed by atoms with E-state index in [9.17, 15) is 27.9 Å². The smallest absolute Gasteiger partial charge is 0.416 e. The molecule has 0 saturated heterocycles. The summed E-state index contributed by atoms with van der Waals surface area (Å²) in [5.74, 6) is -0.373. The van der Waals surface area contributed by atoms with Gasteiger partial charge >= 0.3 is 12.1 Å². The van der Waals surface area contributed by atoms with Gasteiger partial charge in [-0.1, -0.05) is 18.2 Å². The van der Waals surface area contributed by atoms with E-state index < -0.39 is 17.7 Å². The number of anilines is 1. The summed E-state index contributed by atoms with van der Waals surface area (Å²) in [6, 6.07) is 15.7. The summed E-state index contributed by atoms with van der Waals surface area (Å²) in [6.45, 7) is 0.481. The standard InChI is InChI=1S/C28H24F3NO4/c29-28(30,31)20-7-9-21(10-8-20)32-15-25-19(5-2-6-24(25)27(32)35)16-36-22-11-12-23-17(13-22)3-1-4-18(23)14-26(33)34/h2,5-13,18H,1,3-4,14-16H2,(H,33,34). The Labute approximate surface area is 206 Å². The second kappa shape index (κ2) is 9.33. The van der Waals surface area contributed by atoms with Crippen LogP contribution in [0, 0.1) is 0 Å². The molecule has 0 radical (unpaired) electrons. The minimum Gasteiger partial charge on any atom is -0.489 e. The van der Waals surface area contributed by atoms with Gasteiger partial charge in [0.1, 0.15) is 12.4 Å². The van der Waals surface area contributed by atoms with E-state index in [2.05, 4.69) is 0 Å². The van der Waals surface area contributed by atoms with Gasteiger partial charge in [-0.05, 0) is 89.9 Å². The number of alkyl halides is 3. The summed E-state index contributed by atoms with van der Waals surface area (Å²) >= 11 is 0. The van der Waals surface area contributed by atoms with E-state index in [0.717, 1.165) is 53.6 Å². The van der Waals surface area contributed by atoms with Crippen LogP contribution in [0.5, 0.6) is 5.75 Å². The molecule has 0 spiro atoms. The SMILES string of the molecule is O=C(O)CC1CCCc2cc(OCc3cccc4c3CN(c3ccc(C(F)(F)F)cc3)C4=O)ccc21. The maximum absolute atomic E-state index is 13.0. The van der Waals surface area contributed by atoms with Crippen LogP contribution in [0.25, 0.3) is 0 Å². The van der Waals surface area contributed by atoms with Gasteiger partial charge in [0.2, 0.25) is 0 Å². The fourth-order valence-corrected chi connectivity index (χ4v) is 5.14. The summed E-state index contributed by atoms with van der Waals surface area (Å²) in [5, 5.41) is 9.19. The van der Waals surface area contributed by atoms with Crippen molar-refractivity contribution in [2.45, 2.75) is 50.9 Å². The molecule has 1 unspecified atom stereocenters. The molecule has 186 valence electrons. The first-order valence-corrected chi connectivity index (χ1v) is 11.8. The molecule has 5 rings (SSSR count). The van der Waals surface area contributed by atoms with Crippen molar-refractivity contribution in [3.05, 3.63) is 94.0 Å². The number of rotatable bonds is 6. The Hall–Kier alpha value is -3.81. The monoisotopic (exact) mass is 495 g/mol. The molecule has 3 aromatic rings. The van der Waals surface area contributed by atoms with Crippen molar-refractivity contribution in [2.24, 2.45) is 0 Å². The van der Waals surface area contributed by atoms with Crippen LogP contribution in [0.4, 0.5) is 18.9 Å². The van der Waals surface area contributed by atoms with Crippen LogP contribution in [0.1, 0.15) is 63.4 Å². The third-order valence-corrected chi connectivity index (χ3v) is 6.94. The van der Waals surface area contributed by atoms with Gasteiger partial charge in [-0.25, -0.2) is 0 Å². The molecular weight excluding hydrogens is 471 g/mol. The number of carbonyl (C=O) groups excluding carboxylic acids is 1. The number of amides is 1. The second-order valence-electron chi connectivity index (χ2n) is 9.22. The normalized spacial score (nSPS) is 17.0. The van der Waals surface area contributed by atoms with Crippen molar-refractivity contribution in [1.82, 2.24) is 0 Å². The van der Waals surface area contributed by atoms with Crippen LogP contribution in [0.3, 0.4) is 0 Å². The third kappa shape index (κ3) is 4.67. The lowest BCUT2D eigenvalue weighted by atomic mass is 9.81. The Morgan fingerprint density at radius 2 is 1.86 bits per heavy atom. The molecule has 8 heteroatoms. The van der Waals surface area contributed by atoms with Crippen molar-refractivity contribution in [3.8, 4) is 5.75 Å². The number of carboxylic acid groups (broad SMARTS) is 1. The summed E-state index contributed by atoms with van der Waals surface area (Å²) in [7, 11) is 0. The van der Waals surface area contributed by atoms with E-state index in [0.29, 0.717) is 17.0 Å². The van der Waals surface area contributed by atoms with Crippen LogP contribution < -0.4 is 9.64 Å². The number of nitrogens with zero attached hydrogens (tertiary/aromatic N) is 1. The maximum atomic E-state index is 13.0. The molecule has 3 aromatic carbocycles. The van der Waals surface area contributed by atoms with E-state index in [1.54, 1.807) is 12.1 Å². The van der Waals surface area contributed by atoms with Crippen molar-refractivity contribution >= 4 is 17.6 Å². The number of benzene rings is 3. The van der Waals surface area contributed by atoms with Crippen LogP contribution in [0.2, 0.25) is 0 Å². The van der Waals surface area contributed by atoms with E-state index in [1.165, 1.54) is 17.0 Å². The van der Waals surface area contributed by atoms with E-state index in [4.69, 9.17) is 4.74 Å². The quantitative estimate of drug-likeness (QED) is 0.433. The number of hydrogen-bond donors (Lipinski definition) is 1. The van der Waals surface area contributed by atoms with Gasteiger partial charge in [-0.2, -0.15) is 13.2 Å². The maximum Gasteiger partial charge on any atom is 0.416 e. The molecule has 1 atom stereocenters. The first-order valence-electron chi connectivity index (χ1n) is 11.8. The summed E-state index contributed by atoms with van der Waals surface area (Å²) in [6.07, 6.45) is -1.65. The molecular formula is C28H24F3NO4.